The molecule has 0 atom stereocenters. The molecule has 0 aliphatic rings. The van der Waals surface area contributed by atoms with E-state index in [1.165, 1.54) is 0 Å². The molecule has 13 heavy (non-hydrogen) atoms. The fourth-order valence-electron chi connectivity index (χ4n) is 0. The van der Waals surface area contributed by atoms with Crippen LogP contribution in [0.15, 0.2) is 0 Å². The van der Waals surface area contributed by atoms with Gasteiger partial charge in [0.2, 0.25) is 0 Å². The summed E-state index contributed by atoms with van der Waals surface area (Å²) in [6.07, 6.45) is 0. The molecule has 3 nitrogen and oxygen atoms in total. The van der Waals surface area contributed by atoms with Gasteiger partial charge in [0.15, 0.2) is 0 Å². The van der Waals surface area contributed by atoms with Gasteiger partial charge in [0.05, 0.1) is 19.8 Å². The van der Waals surface area contributed by atoms with E-state index in [0.717, 1.165) is 0 Å². The van der Waals surface area contributed by atoms with Gasteiger partial charge in [0.1, 0.15) is 0 Å². The summed E-state index contributed by atoms with van der Waals surface area (Å²) in [4.78, 5) is 0. The Balaban J connectivity index is -0.0000000450. The first-order chi connectivity index (χ1) is 5.74. The second-order valence-corrected chi connectivity index (χ2v) is 2.37. The van der Waals surface area contributed by atoms with Crippen LogP contribution in [0.5, 0.6) is 0 Å². The number of aliphatic hydroxyl groups excluding tert-OH is 3. The van der Waals surface area contributed by atoms with Crippen LogP contribution in [0.2, 0.25) is 0 Å². The predicted octanol–water partition coefficient (Wildman–Crippen LogP) is 0.650. The summed E-state index contributed by atoms with van der Waals surface area (Å²) in [5.74, 6) is 1.04. The number of hydrogen-bond donors (Lipinski definition) is 3. The van der Waals surface area contributed by atoms with Crippen LogP contribution in [0, 0.1) is 0 Å². The van der Waals surface area contributed by atoms with E-state index < -0.39 is 0 Å². The van der Waals surface area contributed by atoms with Crippen molar-refractivity contribution in [1.29, 1.82) is 0 Å². The average Bonchev–Trinajstić information content (AvgIpc) is 2.18. The van der Waals surface area contributed by atoms with Gasteiger partial charge in [-0.3, -0.25) is 0 Å². The minimum absolute atomic E-state index is 0. The van der Waals surface area contributed by atoms with Gasteiger partial charge in [0, 0.05) is 34.7 Å². The van der Waals surface area contributed by atoms with Gasteiger partial charge in [-0.15, -0.1) is 34.8 Å². The quantitative estimate of drug-likeness (QED) is 0.529. The Hall–Kier alpha value is 1.27. The minimum atomic E-state index is 0. The average molecular weight is 297 g/mol. The molecule has 0 aliphatic heterocycles. The summed E-state index contributed by atoms with van der Waals surface area (Å²) < 4.78 is 0. The molecule has 0 heterocycles. The van der Waals surface area contributed by atoms with E-state index in [4.69, 9.17) is 50.1 Å². The summed E-state index contributed by atoms with van der Waals surface area (Å²) in [6.45, 7) is 0.255. The molecule has 7 heteroatoms. The Bertz CT molecular complexity index is 38.6. The molecular formula is C6H15Cl3FeO3. The maximum atomic E-state index is 7.74. The molecule has 0 aromatic carbocycles. The summed E-state index contributed by atoms with van der Waals surface area (Å²) in [6, 6.07) is 0. The molecule has 86 valence electrons. The van der Waals surface area contributed by atoms with E-state index in [0.29, 0.717) is 17.6 Å². The van der Waals surface area contributed by atoms with Crippen molar-refractivity contribution in [1.82, 2.24) is 0 Å². The van der Waals surface area contributed by atoms with Crippen molar-refractivity contribution < 1.29 is 32.4 Å². The molecule has 0 aliphatic carbocycles. The van der Waals surface area contributed by atoms with Crippen molar-refractivity contribution in [3.8, 4) is 0 Å². The number of rotatable bonds is 3. The number of alkyl halides is 3. The van der Waals surface area contributed by atoms with Crippen LogP contribution >= 0.6 is 34.8 Å². The molecule has 0 unspecified atom stereocenters. The van der Waals surface area contributed by atoms with E-state index >= 15 is 0 Å². The standard InChI is InChI=1S/3C2H5ClO.Fe/c3*3-1-2-4;/h3*4H,1-2H2;. The van der Waals surface area contributed by atoms with Crippen molar-refractivity contribution in [3.63, 3.8) is 0 Å². The SMILES string of the molecule is OCCCl.OCCCl.OCCCl.[Fe]. The first-order valence-corrected chi connectivity index (χ1v) is 4.85. The zero-order chi connectivity index (χ0) is 10.2. The summed E-state index contributed by atoms with van der Waals surface area (Å²) in [5.41, 5.74) is 0. The largest absolute Gasteiger partial charge is 0.395 e. The van der Waals surface area contributed by atoms with E-state index in [1.807, 2.05) is 0 Å². The molecule has 0 amide bonds. The van der Waals surface area contributed by atoms with E-state index in [9.17, 15) is 0 Å². The fourth-order valence-corrected chi connectivity index (χ4v) is 0. The van der Waals surface area contributed by atoms with Gasteiger partial charge in [-0.25, -0.2) is 0 Å². The molecule has 3 N–H and O–H groups in total. The van der Waals surface area contributed by atoms with Crippen LogP contribution in [-0.2, 0) is 17.1 Å². The molecule has 0 radical (unpaired) electrons. The normalized spacial score (nSPS) is 6.92. The molecule has 0 saturated carbocycles. The van der Waals surface area contributed by atoms with Crippen molar-refractivity contribution in [3.05, 3.63) is 0 Å². The van der Waals surface area contributed by atoms with E-state index in [-0.39, 0.29) is 36.9 Å². The summed E-state index contributed by atoms with van der Waals surface area (Å²) >= 11 is 14.8. The van der Waals surface area contributed by atoms with Gasteiger partial charge in [-0.05, 0) is 0 Å². The van der Waals surface area contributed by atoms with E-state index in [2.05, 4.69) is 0 Å². The Morgan fingerprint density at radius 2 is 0.692 bits per heavy atom. The topological polar surface area (TPSA) is 60.7 Å². The first kappa shape index (κ1) is 23.8. The molecule has 0 fully saturated rings. The fraction of sp³-hybridized carbons (Fsp3) is 1.00. The Labute approximate surface area is 104 Å². The molecule has 0 aromatic heterocycles. The van der Waals surface area contributed by atoms with Crippen LogP contribution in [0.1, 0.15) is 0 Å². The molecular weight excluding hydrogens is 282 g/mol. The second-order valence-electron chi connectivity index (χ2n) is 1.24. The van der Waals surface area contributed by atoms with Gasteiger partial charge >= 0.3 is 0 Å². The van der Waals surface area contributed by atoms with Gasteiger partial charge in [-0.1, -0.05) is 0 Å². The molecule has 0 rings (SSSR count). The smallest absolute Gasteiger partial charge is 0.0566 e. The van der Waals surface area contributed by atoms with Crippen LogP contribution in [-0.4, -0.2) is 52.8 Å². The monoisotopic (exact) mass is 296 g/mol. The number of aliphatic hydroxyl groups is 3. The zero-order valence-electron chi connectivity index (χ0n) is 7.07. The summed E-state index contributed by atoms with van der Waals surface area (Å²) in [7, 11) is 0. The Morgan fingerprint density at radius 3 is 0.692 bits per heavy atom. The first-order valence-electron chi connectivity index (χ1n) is 3.25. The molecule has 0 aromatic rings. The Kier molecular flexibility index (Phi) is 69.3. The molecule has 0 saturated heterocycles. The summed E-state index contributed by atoms with van der Waals surface area (Å²) in [5, 5.41) is 23.2. The van der Waals surface area contributed by atoms with Crippen molar-refractivity contribution >= 4 is 34.8 Å². The third-order valence-electron chi connectivity index (χ3n) is 0.254. The van der Waals surface area contributed by atoms with E-state index in [1.54, 1.807) is 0 Å². The van der Waals surface area contributed by atoms with Gasteiger partial charge in [0.25, 0.3) is 0 Å². The Morgan fingerprint density at radius 1 is 0.615 bits per heavy atom. The van der Waals surface area contributed by atoms with Gasteiger partial charge < -0.3 is 15.3 Å². The van der Waals surface area contributed by atoms with Crippen molar-refractivity contribution in [2.24, 2.45) is 0 Å². The molecule has 0 bridgehead atoms. The van der Waals surface area contributed by atoms with Crippen molar-refractivity contribution in [2.75, 3.05) is 37.5 Å². The minimum Gasteiger partial charge on any atom is -0.395 e. The van der Waals surface area contributed by atoms with Gasteiger partial charge in [-0.2, -0.15) is 0 Å². The van der Waals surface area contributed by atoms with Crippen LogP contribution in [0.25, 0.3) is 0 Å². The van der Waals surface area contributed by atoms with Crippen LogP contribution in [0.4, 0.5) is 0 Å². The van der Waals surface area contributed by atoms with Crippen LogP contribution < -0.4 is 0 Å². The molecule has 0 spiro atoms. The third kappa shape index (κ3) is 92.5. The third-order valence-corrected chi connectivity index (χ3v) is 0.761. The maximum absolute atomic E-state index is 7.74. The second kappa shape index (κ2) is 37.8. The zero-order valence-corrected chi connectivity index (χ0v) is 10.4. The predicted molar refractivity (Wildman–Crippen MR) is 53.4 cm³/mol. The van der Waals surface area contributed by atoms with Crippen LogP contribution in [0.3, 0.4) is 0 Å². The maximum Gasteiger partial charge on any atom is 0.0566 e. The number of hydrogen-bond acceptors (Lipinski definition) is 3. The number of halogens is 3. The van der Waals surface area contributed by atoms with Crippen molar-refractivity contribution in [2.45, 2.75) is 0 Å².